The van der Waals surface area contributed by atoms with Crippen LogP contribution in [0.1, 0.15) is 37.2 Å². The predicted octanol–water partition coefficient (Wildman–Crippen LogP) is 4.47. The van der Waals surface area contributed by atoms with Crippen LogP contribution in [0.15, 0.2) is 18.2 Å². The van der Waals surface area contributed by atoms with Crippen molar-refractivity contribution in [3.63, 3.8) is 0 Å². The Bertz CT molecular complexity index is 485. The Morgan fingerprint density at radius 2 is 1.95 bits per heavy atom. The van der Waals surface area contributed by atoms with Crippen LogP contribution in [0.3, 0.4) is 0 Å². The molecule has 2 nitrogen and oxygen atoms in total. The number of ketones is 1. The Labute approximate surface area is 113 Å². The van der Waals surface area contributed by atoms with E-state index in [4.69, 9.17) is 11.6 Å². The first-order valence-corrected chi connectivity index (χ1v) is 6.32. The van der Waals surface area contributed by atoms with Crippen molar-refractivity contribution in [1.29, 1.82) is 0 Å². The fraction of sp³-hybridized carbons (Fsp3) is 0.462. The van der Waals surface area contributed by atoms with Gasteiger partial charge in [-0.05, 0) is 36.6 Å². The fourth-order valence-corrected chi connectivity index (χ4v) is 2.55. The molecule has 0 radical (unpaired) electrons. The monoisotopic (exact) mass is 292 g/mol. The quantitative estimate of drug-likeness (QED) is 0.804. The van der Waals surface area contributed by atoms with Gasteiger partial charge in [-0.2, -0.15) is 0 Å². The molecule has 6 heteroatoms. The number of alkyl halides is 3. The van der Waals surface area contributed by atoms with E-state index in [1.165, 1.54) is 12.1 Å². The highest BCUT2D eigenvalue weighted by molar-refractivity contribution is 6.30. The Balaban J connectivity index is 2.28. The van der Waals surface area contributed by atoms with Crippen molar-refractivity contribution in [3.05, 3.63) is 28.8 Å². The molecule has 1 fully saturated rings. The normalized spacial score (nSPS) is 20.4. The maximum absolute atomic E-state index is 12.2. The molecule has 0 N–H and O–H groups in total. The lowest BCUT2D eigenvalue weighted by molar-refractivity contribution is -0.274. The molecule has 1 aliphatic carbocycles. The molecule has 1 aliphatic rings. The molecule has 19 heavy (non-hydrogen) atoms. The van der Waals surface area contributed by atoms with Crippen LogP contribution in [-0.2, 0) is 4.79 Å². The standard InChI is InChI=1S/C13H12ClF3O2/c14-9-5-8(11-3-1-2-4-12(11)18)6-10(7-9)19-13(15,16)17/h5-7,11H,1-4H2. The molecule has 1 atom stereocenters. The van der Waals surface area contributed by atoms with Crippen molar-refractivity contribution in [2.45, 2.75) is 38.0 Å². The Hall–Kier alpha value is -1.23. The van der Waals surface area contributed by atoms with E-state index in [1.807, 2.05) is 0 Å². The smallest absolute Gasteiger partial charge is 0.406 e. The molecule has 0 saturated heterocycles. The van der Waals surface area contributed by atoms with E-state index in [2.05, 4.69) is 4.74 Å². The van der Waals surface area contributed by atoms with E-state index in [9.17, 15) is 18.0 Å². The molecule has 0 aromatic heterocycles. The maximum atomic E-state index is 12.2. The van der Waals surface area contributed by atoms with Gasteiger partial charge < -0.3 is 4.74 Å². The second-order valence-corrected chi connectivity index (χ2v) is 4.97. The zero-order chi connectivity index (χ0) is 14.0. The lowest BCUT2D eigenvalue weighted by Crippen LogP contribution is -2.19. The second kappa shape index (κ2) is 5.41. The zero-order valence-electron chi connectivity index (χ0n) is 9.97. The molecule has 0 amide bonds. The summed E-state index contributed by atoms with van der Waals surface area (Å²) >= 11 is 5.79. The third-order valence-corrected chi connectivity index (χ3v) is 3.30. The van der Waals surface area contributed by atoms with E-state index < -0.39 is 6.36 Å². The molecule has 0 aliphatic heterocycles. The van der Waals surface area contributed by atoms with Crippen LogP contribution in [0.2, 0.25) is 5.02 Å². The summed E-state index contributed by atoms with van der Waals surface area (Å²) in [4.78, 5) is 11.8. The molecule has 0 bridgehead atoms. The molecule has 0 spiro atoms. The third kappa shape index (κ3) is 3.86. The number of hydrogen-bond acceptors (Lipinski definition) is 2. The maximum Gasteiger partial charge on any atom is 0.573 e. The lowest BCUT2D eigenvalue weighted by Gasteiger charge is -2.21. The van der Waals surface area contributed by atoms with Gasteiger partial charge in [0, 0.05) is 17.4 Å². The molecule has 1 unspecified atom stereocenters. The van der Waals surface area contributed by atoms with Gasteiger partial charge in [0.2, 0.25) is 0 Å². The largest absolute Gasteiger partial charge is 0.573 e. The molecule has 1 saturated carbocycles. The first-order valence-electron chi connectivity index (χ1n) is 5.94. The molecule has 104 valence electrons. The van der Waals surface area contributed by atoms with Gasteiger partial charge in [-0.3, -0.25) is 4.79 Å². The molecule has 2 rings (SSSR count). The molecule has 0 heterocycles. The Morgan fingerprint density at radius 1 is 1.21 bits per heavy atom. The highest BCUT2D eigenvalue weighted by Crippen LogP contribution is 2.35. The van der Waals surface area contributed by atoms with Crippen LogP contribution in [0.4, 0.5) is 13.2 Å². The van der Waals surface area contributed by atoms with E-state index in [0.29, 0.717) is 18.4 Å². The summed E-state index contributed by atoms with van der Waals surface area (Å²) in [6.45, 7) is 0. The third-order valence-electron chi connectivity index (χ3n) is 3.08. The van der Waals surface area contributed by atoms with E-state index in [1.54, 1.807) is 0 Å². The van der Waals surface area contributed by atoms with Crippen molar-refractivity contribution in [3.8, 4) is 5.75 Å². The average molecular weight is 293 g/mol. The molecule has 1 aromatic rings. The summed E-state index contributed by atoms with van der Waals surface area (Å²) in [5.41, 5.74) is 0.497. The number of benzene rings is 1. The number of carbonyl (C=O) groups is 1. The van der Waals surface area contributed by atoms with Crippen LogP contribution in [-0.4, -0.2) is 12.1 Å². The fourth-order valence-electron chi connectivity index (χ4n) is 2.31. The number of hydrogen-bond donors (Lipinski definition) is 0. The number of halogens is 4. The molecule has 1 aromatic carbocycles. The number of rotatable bonds is 2. The Morgan fingerprint density at radius 3 is 2.58 bits per heavy atom. The number of carbonyl (C=O) groups excluding carboxylic acids is 1. The van der Waals surface area contributed by atoms with Crippen LogP contribution < -0.4 is 4.74 Å². The van der Waals surface area contributed by atoms with Gasteiger partial charge in [-0.15, -0.1) is 13.2 Å². The minimum atomic E-state index is -4.77. The lowest BCUT2D eigenvalue weighted by atomic mass is 9.83. The van der Waals surface area contributed by atoms with E-state index in [-0.39, 0.29) is 22.5 Å². The van der Waals surface area contributed by atoms with Crippen molar-refractivity contribution in [2.24, 2.45) is 0 Å². The van der Waals surface area contributed by atoms with Crippen molar-refractivity contribution in [1.82, 2.24) is 0 Å². The minimum absolute atomic E-state index is 0.0477. The van der Waals surface area contributed by atoms with Crippen molar-refractivity contribution >= 4 is 17.4 Å². The summed E-state index contributed by atoms with van der Waals surface area (Å²) < 4.78 is 40.4. The minimum Gasteiger partial charge on any atom is -0.406 e. The van der Waals surface area contributed by atoms with Gasteiger partial charge >= 0.3 is 6.36 Å². The molecular weight excluding hydrogens is 281 g/mol. The SMILES string of the molecule is O=C1CCCCC1c1cc(Cl)cc(OC(F)(F)F)c1. The average Bonchev–Trinajstić information content (AvgIpc) is 2.26. The topological polar surface area (TPSA) is 26.3 Å². The van der Waals surface area contributed by atoms with Gasteiger partial charge in [0.1, 0.15) is 11.5 Å². The van der Waals surface area contributed by atoms with E-state index in [0.717, 1.165) is 18.9 Å². The number of Topliss-reactive ketones (excluding diaryl/α,β-unsaturated/α-hetero) is 1. The van der Waals surface area contributed by atoms with Gasteiger partial charge in [-0.1, -0.05) is 18.0 Å². The first-order chi connectivity index (χ1) is 8.85. The van der Waals surface area contributed by atoms with Gasteiger partial charge in [0.05, 0.1) is 0 Å². The highest BCUT2D eigenvalue weighted by atomic mass is 35.5. The van der Waals surface area contributed by atoms with Gasteiger partial charge in [0.15, 0.2) is 0 Å². The summed E-state index contributed by atoms with van der Waals surface area (Å²) in [6, 6.07) is 3.86. The summed E-state index contributed by atoms with van der Waals surface area (Å²) in [5, 5.41) is 0.134. The summed E-state index contributed by atoms with van der Waals surface area (Å²) in [7, 11) is 0. The highest BCUT2D eigenvalue weighted by Gasteiger charge is 2.32. The zero-order valence-corrected chi connectivity index (χ0v) is 10.7. The summed E-state index contributed by atoms with van der Waals surface area (Å²) in [6.07, 6.45) is -1.93. The predicted molar refractivity (Wildman–Crippen MR) is 64.4 cm³/mol. The van der Waals surface area contributed by atoms with Crippen molar-refractivity contribution in [2.75, 3.05) is 0 Å². The second-order valence-electron chi connectivity index (χ2n) is 4.53. The van der Waals surface area contributed by atoms with Crippen LogP contribution in [0.25, 0.3) is 0 Å². The van der Waals surface area contributed by atoms with Gasteiger partial charge in [-0.25, -0.2) is 0 Å². The van der Waals surface area contributed by atoms with Gasteiger partial charge in [0.25, 0.3) is 0 Å². The Kier molecular flexibility index (Phi) is 4.04. The van der Waals surface area contributed by atoms with Crippen LogP contribution >= 0.6 is 11.6 Å². The van der Waals surface area contributed by atoms with Crippen molar-refractivity contribution < 1.29 is 22.7 Å². The number of ether oxygens (including phenoxy) is 1. The molecular formula is C13H12ClF3O2. The van der Waals surface area contributed by atoms with E-state index >= 15 is 0 Å². The first kappa shape index (κ1) is 14.2. The summed E-state index contributed by atoms with van der Waals surface area (Å²) in [5.74, 6) is -0.706. The van der Waals surface area contributed by atoms with Crippen LogP contribution in [0.5, 0.6) is 5.75 Å². The van der Waals surface area contributed by atoms with Crippen LogP contribution in [0, 0.1) is 0 Å².